The van der Waals surface area contributed by atoms with E-state index in [1.165, 1.54) is 0 Å². The summed E-state index contributed by atoms with van der Waals surface area (Å²) in [4.78, 5) is 12.6. The number of carbonyl (C=O) groups excluding carboxylic acids is 1. The van der Waals surface area contributed by atoms with Gasteiger partial charge in [0.15, 0.2) is 17.2 Å². The smallest absolute Gasteiger partial charge is 0.276 e. The van der Waals surface area contributed by atoms with Crippen LogP contribution in [0.4, 0.5) is 5.69 Å². The van der Waals surface area contributed by atoms with E-state index in [9.17, 15) is 4.79 Å². The Hall–Kier alpha value is -3.52. The van der Waals surface area contributed by atoms with Crippen molar-refractivity contribution in [3.8, 4) is 17.2 Å². The van der Waals surface area contributed by atoms with E-state index < -0.39 is 0 Å². The Morgan fingerprint density at radius 2 is 2.00 bits per heavy atom. The molecular formula is C22H21N3O5. The summed E-state index contributed by atoms with van der Waals surface area (Å²) in [7, 11) is 0. The van der Waals surface area contributed by atoms with Gasteiger partial charge in [0, 0.05) is 5.69 Å². The van der Waals surface area contributed by atoms with Gasteiger partial charge in [-0.15, -0.1) is 0 Å². The molecule has 1 amide bonds. The third-order valence-electron chi connectivity index (χ3n) is 5.06. The molecule has 1 aromatic heterocycles. The van der Waals surface area contributed by atoms with Gasteiger partial charge in [-0.05, 0) is 55.0 Å². The lowest BCUT2D eigenvalue weighted by atomic mass is 10.1. The third-order valence-corrected chi connectivity index (χ3v) is 5.06. The Balaban J connectivity index is 1.28. The van der Waals surface area contributed by atoms with E-state index in [0.717, 1.165) is 28.5 Å². The summed E-state index contributed by atoms with van der Waals surface area (Å²) in [6.07, 6.45) is -0.172. The molecule has 1 atom stereocenters. The first kappa shape index (κ1) is 18.5. The highest BCUT2D eigenvalue weighted by molar-refractivity contribution is 6.02. The van der Waals surface area contributed by atoms with Crippen LogP contribution in [0, 0.1) is 0 Å². The van der Waals surface area contributed by atoms with E-state index in [-0.39, 0.29) is 18.8 Å². The normalized spacial score (nSPS) is 16.8. The first-order chi connectivity index (χ1) is 14.7. The second kappa shape index (κ2) is 7.72. The molecule has 30 heavy (non-hydrogen) atoms. The summed E-state index contributed by atoms with van der Waals surface area (Å²) in [5.74, 6) is 1.96. The molecule has 0 aliphatic carbocycles. The first-order valence-electron chi connectivity index (χ1n) is 9.81. The highest BCUT2D eigenvalue weighted by Gasteiger charge is 2.26. The number of fused-ring (bicyclic) bond motifs is 2. The van der Waals surface area contributed by atoms with Crippen molar-refractivity contribution in [1.29, 1.82) is 0 Å². The van der Waals surface area contributed by atoms with Gasteiger partial charge in [0.2, 0.25) is 6.79 Å². The van der Waals surface area contributed by atoms with Crippen LogP contribution in [0.5, 0.6) is 17.2 Å². The average Bonchev–Trinajstić information content (AvgIpc) is 3.41. The molecule has 3 heterocycles. The zero-order valence-corrected chi connectivity index (χ0v) is 16.5. The molecule has 0 saturated heterocycles. The fourth-order valence-electron chi connectivity index (χ4n) is 3.55. The van der Waals surface area contributed by atoms with Crippen LogP contribution in [0.2, 0.25) is 0 Å². The quantitative estimate of drug-likeness (QED) is 0.697. The predicted molar refractivity (Wildman–Crippen MR) is 108 cm³/mol. The maximum Gasteiger partial charge on any atom is 0.276 e. The molecule has 0 bridgehead atoms. The van der Waals surface area contributed by atoms with E-state index in [0.29, 0.717) is 31.1 Å². The van der Waals surface area contributed by atoms with Gasteiger partial charge in [0.05, 0.1) is 25.5 Å². The minimum Gasteiger partial charge on any atom is -0.494 e. The molecule has 2 aliphatic rings. The van der Waals surface area contributed by atoms with Crippen molar-refractivity contribution >= 4 is 11.6 Å². The van der Waals surface area contributed by atoms with Crippen molar-refractivity contribution in [2.24, 2.45) is 0 Å². The molecule has 2 aromatic carbocycles. The Kier molecular flexibility index (Phi) is 4.76. The van der Waals surface area contributed by atoms with Crippen LogP contribution < -0.4 is 19.5 Å². The van der Waals surface area contributed by atoms with Gasteiger partial charge >= 0.3 is 0 Å². The number of carbonyl (C=O) groups is 1. The summed E-state index contributed by atoms with van der Waals surface area (Å²) in [5.41, 5.74) is 2.89. The first-order valence-corrected chi connectivity index (χ1v) is 9.81. The summed E-state index contributed by atoms with van der Waals surface area (Å²) >= 11 is 0. The van der Waals surface area contributed by atoms with Gasteiger partial charge in [-0.2, -0.15) is 5.10 Å². The Morgan fingerprint density at radius 1 is 1.17 bits per heavy atom. The topological polar surface area (TPSA) is 83.8 Å². The predicted octanol–water partition coefficient (Wildman–Crippen LogP) is 3.53. The van der Waals surface area contributed by atoms with Crippen LogP contribution in [0.15, 0.2) is 48.5 Å². The maximum absolute atomic E-state index is 12.6. The van der Waals surface area contributed by atoms with E-state index in [1.54, 1.807) is 18.2 Å². The molecule has 0 radical (unpaired) electrons. The van der Waals surface area contributed by atoms with E-state index in [4.69, 9.17) is 18.9 Å². The molecule has 8 nitrogen and oxygen atoms in total. The SMILES string of the molecule is CCOc1ccc(NC(=O)c2cc3n(n2)CC(c2ccc4c(c2)OCO4)OC3)cc1. The number of ether oxygens (including phenoxy) is 4. The van der Waals surface area contributed by atoms with Crippen LogP contribution in [-0.4, -0.2) is 29.1 Å². The molecule has 0 fully saturated rings. The highest BCUT2D eigenvalue weighted by Crippen LogP contribution is 2.36. The standard InChI is InChI=1S/C22H21N3O5/c1-2-27-17-6-4-15(5-7-17)23-22(26)18-10-16-12-28-21(11-25(16)24-18)14-3-8-19-20(9-14)30-13-29-19/h3-10,21H,2,11-13H2,1H3,(H,23,26). The molecule has 2 aliphatic heterocycles. The number of hydrogen-bond acceptors (Lipinski definition) is 6. The molecule has 154 valence electrons. The monoisotopic (exact) mass is 407 g/mol. The molecule has 5 rings (SSSR count). The number of benzene rings is 2. The molecule has 1 unspecified atom stereocenters. The van der Waals surface area contributed by atoms with E-state index in [1.807, 2.05) is 41.9 Å². The summed E-state index contributed by atoms with van der Waals surface area (Å²) < 4.78 is 24.1. The number of anilines is 1. The summed E-state index contributed by atoms with van der Waals surface area (Å²) in [6, 6.07) is 14.8. The van der Waals surface area contributed by atoms with Crippen LogP contribution in [0.1, 0.15) is 34.8 Å². The lowest BCUT2D eigenvalue weighted by Gasteiger charge is -2.24. The second-order valence-electron chi connectivity index (χ2n) is 7.03. The van der Waals surface area contributed by atoms with Crippen molar-refractivity contribution in [2.75, 3.05) is 18.7 Å². The highest BCUT2D eigenvalue weighted by atomic mass is 16.7. The van der Waals surface area contributed by atoms with Gasteiger partial charge in [-0.1, -0.05) is 6.07 Å². The minimum atomic E-state index is -0.263. The van der Waals surface area contributed by atoms with Crippen LogP contribution >= 0.6 is 0 Å². The van der Waals surface area contributed by atoms with Crippen LogP contribution in [-0.2, 0) is 17.9 Å². The summed E-state index contributed by atoms with van der Waals surface area (Å²) in [6.45, 7) is 3.66. The Morgan fingerprint density at radius 3 is 2.83 bits per heavy atom. The van der Waals surface area contributed by atoms with Crippen molar-refractivity contribution in [3.63, 3.8) is 0 Å². The van der Waals surface area contributed by atoms with Crippen molar-refractivity contribution < 1.29 is 23.7 Å². The largest absolute Gasteiger partial charge is 0.494 e. The average molecular weight is 407 g/mol. The molecule has 1 N–H and O–H groups in total. The number of nitrogens with one attached hydrogen (secondary N) is 1. The van der Waals surface area contributed by atoms with E-state index >= 15 is 0 Å². The lowest BCUT2D eigenvalue weighted by Crippen LogP contribution is -2.22. The zero-order valence-electron chi connectivity index (χ0n) is 16.5. The number of amides is 1. The molecule has 3 aromatic rings. The van der Waals surface area contributed by atoms with Crippen molar-refractivity contribution in [3.05, 3.63) is 65.5 Å². The Bertz CT molecular complexity index is 1080. The molecule has 8 heteroatoms. The summed E-state index contributed by atoms with van der Waals surface area (Å²) in [5, 5.41) is 7.35. The zero-order chi connectivity index (χ0) is 20.5. The van der Waals surface area contributed by atoms with Gasteiger partial charge in [0.25, 0.3) is 5.91 Å². The minimum absolute atomic E-state index is 0.172. The van der Waals surface area contributed by atoms with Gasteiger partial charge in [-0.3, -0.25) is 9.48 Å². The van der Waals surface area contributed by atoms with Gasteiger partial charge in [0.1, 0.15) is 11.9 Å². The molecule has 0 spiro atoms. The van der Waals surface area contributed by atoms with Crippen molar-refractivity contribution in [1.82, 2.24) is 9.78 Å². The maximum atomic E-state index is 12.6. The third kappa shape index (κ3) is 3.57. The van der Waals surface area contributed by atoms with Crippen molar-refractivity contribution in [2.45, 2.75) is 26.2 Å². The molecular weight excluding hydrogens is 386 g/mol. The Labute approximate surface area is 173 Å². The lowest BCUT2D eigenvalue weighted by molar-refractivity contribution is -0.00127. The van der Waals surface area contributed by atoms with Gasteiger partial charge in [-0.25, -0.2) is 0 Å². The number of rotatable bonds is 5. The number of nitrogens with zero attached hydrogens (tertiary/aromatic N) is 2. The van der Waals surface area contributed by atoms with Crippen LogP contribution in [0.3, 0.4) is 0 Å². The fraction of sp³-hybridized carbons (Fsp3) is 0.273. The number of aromatic nitrogens is 2. The van der Waals surface area contributed by atoms with Crippen LogP contribution in [0.25, 0.3) is 0 Å². The second-order valence-corrected chi connectivity index (χ2v) is 7.03. The molecule has 0 saturated carbocycles. The van der Waals surface area contributed by atoms with E-state index in [2.05, 4.69) is 10.4 Å². The fourth-order valence-corrected chi connectivity index (χ4v) is 3.55. The number of hydrogen-bond donors (Lipinski definition) is 1. The van der Waals surface area contributed by atoms with Gasteiger partial charge < -0.3 is 24.3 Å².